The molecule has 1 unspecified atom stereocenters. The summed E-state index contributed by atoms with van der Waals surface area (Å²) in [5.74, 6) is -3.89. The van der Waals surface area contributed by atoms with Crippen LogP contribution in [0.2, 0.25) is 0 Å². The second kappa shape index (κ2) is 12.8. The Kier molecular flexibility index (Phi) is 9.62. The number of carboxylic acid groups (broad SMARTS) is 2. The fourth-order valence-corrected chi connectivity index (χ4v) is 3.64. The van der Waals surface area contributed by atoms with Crippen LogP contribution < -0.4 is 25.4 Å². The van der Waals surface area contributed by atoms with Gasteiger partial charge in [0.05, 0.1) is 36.4 Å². The SMILES string of the molecule is COc1ccc2c(c1)CC(c1nc3cc(-c4ccnc(N)n4)c(F)cc3[nH]1)CO2.O=C([O-])C(F)(F)F.O=C([O-])C(F)(F)F. The lowest BCUT2D eigenvalue weighted by Crippen LogP contribution is -2.37. The number of hydrogen-bond acceptors (Lipinski definition) is 10. The topological polar surface area (TPSA) is 179 Å². The second-order valence-electron chi connectivity index (χ2n) is 8.53. The molecule has 11 nitrogen and oxygen atoms in total. The molecule has 0 radical (unpaired) electrons. The molecule has 3 N–H and O–H groups in total. The number of nitrogens with two attached hydrogens (primary N) is 1. The lowest BCUT2D eigenvalue weighted by Gasteiger charge is -2.24. The number of methoxy groups -OCH3 is 1. The molecule has 0 aliphatic carbocycles. The molecule has 43 heavy (non-hydrogen) atoms. The van der Waals surface area contributed by atoms with E-state index in [-0.39, 0.29) is 11.9 Å². The fourth-order valence-electron chi connectivity index (χ4n) is 3.64. The number of aromatic amines is 1. The highest BCUT2D eigenvalue weighted by Gasteiger charge is 2.29. The average molecular weight is 617 g/mol. The molecule has 2 aromatic carbocycles. The highest BCUT2D eigenvalue weighted by Crippen LogP contribution is 2.35. The number of rotatable bonds is 3. The van der Waals surface area contributed by atoms with Crippen molar-refractivity contribution < 1.29 is 60.0 Å². The van der Waals surface area contributed by atoms with Crippen molar-refractivity contribution in [2.75, 3.05) is 19.5 Å². The number of aliphatic carboxylic acids is 2. The first kappa shape index (κ1) is 32.4. The minimum absolute atomic E-state index is 0.0308. The maximum Gasteiger partial charge on any atom is 0.430 e. The summed E-state index contributed by atoms with van der Waals surface area (Å²) in [6, 6.07) is 10.5. The largest absolute Gasteiger partial charge is 0.542 e. The van der Waals surface area contributed by atoms with E-state index in [1.165, 1.54) is 12.3 Å². The van der Waals surface area contributed by atoms with Gasteiger partial charge in [-0.2, -0.15) is 26.3 Å². The maximum atomic E-state index is 14.7. The molecule has 1 aliphatic heterocycles. The van der Waals surface area contributed by atoms with E-state index in [2.05, 4.69) is 15.0 Å². The van der Waals surface area contributed by atoms with Crippen LogP contribution in [0.15, 0.2) is 42.6 Å². The highest BCUT2D eigenvalue weighted by atomic mass is 19.4. The van der Waals surface area contributed by atoms with Crippen molar-refractivity contribution >= 4 is 28.9 Å². The number of halogens is 7. The van der Waals surface area contributed by atoms with Crippen molar-refractivity contribution in [2.24, 2.45) is 0 Å². The summed E-state index contributed by atoms with van der Waals surface area (Å²) in [5.41, 5.74) is 8.73. The van der Waals surface area contributed by atoms with Gasteiger partial charge < -0.3 is 40.0 Å². The maximum absolute atomic E-state index is 14.7. The van der Waals surface area contributed by atoms with Crippen LogP contribution in [0.4, 0.5) is 36.7 Å². The monoisotopic (exact) mass is 617 g/mol. The number of carbonyl (C=O) groups excluding carboxylic acids is 2. The summed E-state index contributed by atoms with van der Waals surface area (Å²) in [5, 5.41) is 17.6. The van der Waals surface area contributed by atoms with Gasteiger partial charge in [0.25, 0.3) is 0 Å². The van der Waals surface area contributed by atoms with Crippen molar-refractivity contribution in [3.63, 3.8) is 0 Å². The summed E-state index contributed by atoms with van der Waals surface area (Å²) in [4.78, 5) is 33.5. The number of H-pyrrole nitrogens is 1. The number of hydrogen-bond donors (Lipinski definition) is 2. The third-order valence-corrected chi connectivity index (χ3v) is 5.56. The van der Waals surface area contributed by atoms with E-state index in [0.717, 1.165) is 29.3 Å². The van der Waals surface area contributed by atoms with Gasteiger partial charge in [0.1, 0.15) is 35.1 Å². The number of ether oxygens (including phenoxy) is 2. The molecule has 0 amide bonds. The molecular weight excluding hydrogens is 599 g/mol. The minimum atomic E-state index is -5.19. The zero-order valence-electron chi connectivity index (χ0n) is 21.5. The van der Waals surface area contributed by atoms with Crippen molar-refractivity contribution in [1.82, 2.24) is 19.9 Å². The van der Waals surface area contributed by atoms with Crippen molar-refractivity contribution in [2.45, 2.75) is 24.7 Å². The van der Waals surface area contributed by atoms with Gasteiger partial charge in [-0.3, -0.25) is 0 Å². The van der Waals surface area contributed by atoms with Gasteiger partial charge in [-0.25, -0.2) is 19.3 Å². The lowest BCUT2D eigenvalue weighted by molar-refractivity contribution is -0.344. The standard InChI is InChI=1S/C21H18FN5O2.2C2HF3O2/c1-28-13-2-3-19-11(7-13)6-12(10-29-19)20-25-17-8-14(15(22)9-18(17)26-20)16-4-5-24-21(23)27-16;2*3-2(4,5)1(6)7/h2-5,7-9,12H,6,10H2,1H3,(H,25,26)(H2,23,24,27);2*(H,6,7)/p-2. The molecule has 18 heteroatoms. The van der Waals surface area contributed by atoms with Gasteiger partial charge in [0.2, 0.25) is 5.95 Å². The molecule has 1 aliphatic rings. The lowest BCUT2D eigenvalue weighted by atomic mass is 9.96. The molecule has 230 valence electrons. The number of alkyl halides is 6. The number of carboxylic acids is 2. The van der Waals surface area contributed by atoms with Crippen LogP contribution in [0, 0.1) is 5.82 Å². The molecular formula is C25H18F7N5O6-2. The fraction of sp³-hybridized carbons (Fsp3) is 0.240. The van der Waals surface area contributed by atoms with Crippen LogP contribution in [-0.2, 0) is 16.0 Å². The number of carbonyl (C=O) groups is 2. The first-order chi connectivity index (χ1) is 20.0. The molecule has 0 saturated carbocycles. The summed E-state index contributed by atoms with van der Waals surface area (Å²) < 4.78 is 89.0. The zero-order valence-corrected chi connectivity index (χ0v) is 21.5. The number of nitrogen functional groups attached to an aromatic ring is 1. The Morgan fingerprint density at radius 1 is 1.02 bits per heavy atom. The third-order valence-electron chi connectivity index (χ3n) is 5.56. The molecule has 3 heterocycles. The van der Waals surface area contributed by atoms with Gasteiger partial charge in [0.15, 0.2) is 0 Å². The Labute approximate surface area is 236 Å². The predicted octanol–water partition coefficient (Wildman–Crippen LogP) is 2.07. The van der Waals surface area contributed by atoms with E-state index in [4.69, 9.17) is 40.0 Å². The van der Waals surface area contributed by atoms with Crippen LogP contribution in [0.25, 0.3) is 22.3 Å². The molecule has 5 rings (SSSR count). The van der Waals surface area contributed by atoms with Crippen LogP contribution >= 0.6 is 0 Å². The number of nitrogens with zero attached hydrogens (tertiary/aromatic N) is 3. The normalized spacial score (nSPS) is 14.3. The van der Waals surface area contributed by atoms with E-state index in [1.54, 1.807) is 19.2 Å². The summed E-state index contributed by atoms with van der Waals surface area (Å²) in [6.45, 7) is 0.497. The first-order valence-corrected chi connectivity index (χ1v) is 11.6. The zero-order chi connectivity index (χ0) is 32.1. The molecule has 2 aromatic heterocycles. The third kappa shape index (κ3) is 8.43. The van der Waals surface area contributed by atoms with Crippen LogP contribution in [0.3, 0.4) is 0 Å². The van der Waals surface area contributed by atoms with Gasteiger partial charge in [0, 0.05) is 17.8 Å². The van der Waals surface area contributed by atoms with Gasteiger partial charge in [-0.15, -0.1) is 0 Å². The van der Waals surface area contributed by atoms with Gasteiger partial charge in [-0.05, 0) is 42.3 Å². The average Bonchev–Trinajstić information content (AvgIpc) is 3.34. The van der Waals surface area contributed by atoms with Crippen LogP contribution in [0.1, 0.15) is 17.3 Å². The minimum Gasteiger partial charge on any atom is -0.542 e. The Morgan fingerprint density at radius 2 is 1.65 bits per heavy atom. The quantitative estimate of drug-likeness (QED) is 0.323. The smallest absolute Gasteiger partial charge is 0.430 e. The van der Waals surface area contributed by atoms with Crippen LogP contribution in [-0.4, -0.2) is 57.9 Å². The van der Waals surface area contributed by atoms with Gasteiger partial charge in [-0.1, -0.05) is 0 Å². The van der Waals surface area contributed by atoms with Crippen LogP contribution in [0.5, 0.6) is 11.5 Å². The van der Waals surface area contributed by atoms with E-state index in [0.29, 0.717) is 28.9 Å². The van der Waals surface area contributed by atoms with E-state index in [1.807, 2.05) is 18.2 Å². The Morgan fingerprint density at radius 3 is 2.21 bits per heavy atom. The number of benzene rings is 2. The molecule has 4 aromatic rings. The van der Waals surface area contributed by atoms with E-state index >= 15 is 0 Å². The Hall–Kier alpha value is -5.16. The predicted molar refractivity (Wildman–Crippen MR) is 129 cm³/mol. The van der Waals surface area contributed by atoms with Crippen molar-refractivity contribution in [3.8, 4) is 22.8 Å². The molecule has 0 saturated heterocycles. The van der Waals surface area contributed by atoms with E-state index in [9.17, 15) is 30.7 Å². The Bertz CT molecular complexity index is 1600. The highest BCUT2D eigenvalue weighted by molar-refractivity contribution is 5.82. The molecule has 0 fully saturated rings. The molecule has 0 bridgehead atoms. The molecule has 0 spiro atoms. The van der Waals surface area contributed by atoms with Crippen molar-refractivity contribution in [3.05, 3.63) is 59.8 Å². The summed E-state index contributed by atoms with van der Waals surface area (Å²) in [7, 11) is 1.64. The Balaban J connectivity index is 0.000000303. The number of nitrogens with one attached hydrogen (secondary N) is 1. The number of fused-ring (bicyclic) bond motifs is 2. The number of imidazole rings is 1. The molecule has 1 atom stereocenters. The van der Waals surface area contributed by atoms with Crippen molar-refractivity contribution in [1.29, 1.82) is 0 Å². The van der Waals surface area contributed by atoms with E-state index < -0.39 is 30.1 Å². The van der Waals surface area contributed by atoms with Gasteiger partial charge >= 0.3 is 12.4 Å². The second-order valence-corrected chi connectivity index (χ2v) is 8.53. The first-order valence-electron chi connectivity index (χ1n) is 11.6. The summed E-state index contributed by atoms with van der Waals surface area (Å²) >= 11 is 0. The summed E-state index contributed by atoms with van der Waals surface area (Å²) in [6.07, 6.45) is -8.13. The number of anilines is 1. The number of aromatic nitrogens is 4.